The number of benzene rings is 2. The van der Waals surface area contributed by atoms with Gasteiger partial charge in [-0.3, -0.25) is 9.69 Å². The summed E-state index contributed by atoms with van der Waals surface area (Å²) in [5.41, 5.74) is 0.442. The van der Waals surface area contributed by atoms with Crippen molar-refractivity contribution in [3.8, 4) is 11.5 Å². The molecule has 1 aliphatic rings. The average molecular weight is 354 g/mol. The van der Waals surface area contributed by atoms with Gasteiger partial charge in [0.1, 0.15) is 5.88 Å². The van der Waals surface area contributed by atoms with Gasteiger partial charge in [0.2, 0.25) is 0 Å². The predicted molar refractivity (Wildman–Crippen MR) is 85.0 cm³/mol. The maximum absolute atomic E-state index is 12.7. The average Bonchev–Trinajstić information content (AvgIpc) is 2.81. The van der Waals surface area contributed by atoms with E-state index in [4.69, 9.17) is 16.3 Å². The Labute approximate surface area is 137 Å². The van der Waals surface area contributed by atoms with Crippen molar-refractivity contribution < 1.29 is 23.1 Å². The summed E-state index contributed by atoms with van der Waals surface area (Å²) in [6.07, 6.45) is 0. The zero-order valence-corrected chi connectivity index (χ0v) is 13.6. The molecular formula is C15H12ClNO5S. The van der Waals surface area contributed by atoms with Crippen LogP contribution in [0.4, 0.5) is 5.69 Å². The molecule has 1 N–H and O–H groups in total. The number of phenolic OH excluding ortho intramolecular Hbond substituents is 1. The molecule has 0 saturated heterocycles. The van der Waals surface area contributed by atoms with Crippen LogP contribution >= 0.6 is 11.6 Å². The van der Waals surface area contributed by atoms with Gasteiger partial charge in [0.25, 0.3) is 5.91 Å². The van der Waals surface area contributed by atoms with Crippen molar-refractivity contribution in [2.24, 2.45) is 0 Å². The number of carbonyl (C=O) groups excluding carboxylic acids is 1. The first-order valence-corrected chi connectivity index (χ1v) is 8.58. The number of amides is 1. The van der Waals surface area contributed by atoms with Crippen LogP contribution < -0.4 is 9.64 Å². The van der Waals surface area contributed by atoms with Gasteiger partial charge in [0.15, 0.2) is 21.3 Å². The maximum atomic E-state index is 12.7. The highest BCUT2D eigenvalue weighted by Gasteiger charge is 2.36. The molecule has 1 amide bonds. The summed E-state index contributed by atoms with van der Waals surface area (Å²) in [4.78, 5) is 14.0. The van der Waals surface area contributed by atoms with Gasteiger partial charge in [-0.1, -0.05) is 23.7 Å². The fourth-order valence-electron chi connectivity index (χ4n) is 2.43. The third-order valence-electron chi connectivity index (χ3n) is 3.53. The van der Waals surface area contributed by atoms with Gasteiger partial charge in [0, 0.05) is 5.56 Å². The number of anilines is 1. The number of ether oxygens (including phenoxy) is 1. The largest absolute Gasteiger partial charge is 0.503 e. The summed E-state index contributed by atoms with van der Waals surface area (Å²) < 4.78 is 29.3. The Bertz CT molecular complexity index is 910. The van der Waals surface area contributed by atoms with Crippen LogP contribution in [0.1, 0.15) is 10.4 Å². The molecule has 3 rings (SSSR count). The molecule has 2 aromatic carbocycles. The van der Waals surface area contributed by atoms with Crippen LogP contribution in [0.25, 0.3) is 0 Å². The molecule has 0 aliphatic carbocycles. The van der Waals surface area contributed by atoms with Crippen molar-refractivity contribution in [1.29, 1.82) is 0 Å². The van der Waals surface area contributed by atoms with Crippen molar-refractivity contribution in [2.75, 3.05) is 17.9 Å². The van der Waals surface area contributed by atoms with Crippen molar-refractivity contribution >= 4 is 33.0 Å². The normalized spacial score (nSPS) is 15.3. The minimum atomic E-state index is -3.55. The molecule has 8 heteroatoms. The molecule has 2 aromatic rings. The summed E-state index contributed by atoms with van der Waals surface area (Å²) in [6, 6.07) is 8.88. The second kappa shape index (κ2) is 5.43. The van der Waals surface area contributed by atoms with Crippen molar-refractivity contribution in [2.45, 2.75) is 4.90 Å². The molecule has 0 aromatic heterocycles. The van der Waals surface area contributed by atoms with Gasteiger partial charge in [-0.25, -0.2) is 8.42 Å². The second-order valence-corrected chi connectivity index (χ2v) is 7.29. The van der Waals surface area contributed by atoms with Crippen LogP contribution in [0.3, 0.4) is 0 Å². The van der Waals surface area contributed by atoms with Gasteiger partial charge in [-0.2, -0.15) is 0 Å². The molecule has 6 nitrogen and oxygen atoms in total. The molecule has 120 valence electrons. The number of methoxy groups -OCH3 is 1. The molecule has 23 heavy (non-hydrogen) atoms. The molecule has 1 aliphatic heterocycles. The summed E-state index contributed by atoms with van der Waals surface area (Å²) >= 11 is 5.89. The van der Waals surface area contributed by atoms with Gasteiger partial charge in [0.05, 0.1) is 22.7 Å². The number of nitrogens with zero attached hydrogens (tertiary/aromatic N) is 1. The monoisotopic (exact) mass is 353 g/mol. The number of fused-ring (bicyclic) bond motifs is 1. The van der Waals surface area contributed by atoms with Crippen LogP contribution in [-0.2, 0) is 9.84 Å². The van der Waals surface area contributed by atoms with E-state index < -0.39 is 21.6 Å². The zero-order chi connectivity index (χ0) is 16.8. The number of phenols is 1. The van der Waals surface area contributed by atoms with Crippen LogP contribution in [0.5, 0.6) is 11.5 Å². The lowest BCUT2D eigenvalue weighted by molar-refractivity contribution is 0.0991. The molecule has 0 atom stereocenters. The lowest BCUT2D eigenvalue weighted by atomic mass is 10.1. The first-order chi connectivity index (χ1) is 10.8. The number of rotatable bonds is 2. The van der Waals surface area contributed by atoms with E-state index in [0.29, 0.717) is 5.69 Å². The maximum Gasteiger partial charge on any atom is 0.259 e. The molecule has 0 fully saturated rings. The van der Waals surface area contributed by atoms with E-state index in [0.717, 1.165) is 4.90 Å². The van der Waals surface area contributed by atoms with Crippen LogP contribution in [0.2, 0.25) is 5.02 Å². The second-order valence-electron chi connectivity index (χ2n) is 4.95. The number of sulfone groups is 1. The molecule has 0 saturated carbocycles. The van der Waals surface area contributed by atoms with E-state index in [-0.39, 0.29) is 27.0 Å². The molecule has 1 heterocycles. The SMILES string of the molecule is COc1cc(C(=O)N2CS(=O)(=O)c3ccccc32)cc(Cl)c1O. The number of para-hydroxylation sites is 1. The van der Waals surface area contributed by atoms with E-state index in [2.05, 4.69) is 0 Å². The van der Waals surface area contributed by atoms with Gasteiger partial charge >= 0.3 is 0 Å². The Hall–Kier alpha value is -2.25. The molecule has 0 unspecified atom stereocenters. The van der Waals surface area contributed by atoms with Crippen LogP contribution in [-0.4, -0.2) is 32.4 Å². The lowest BCUT2D eigenvalue weighted by Gasteiger charge is -2.16. The van der Waals surface area contributed by atoms with Crippen molar-refractivity contribution in [1.82, 2.24) is 0 Å². The van der Waals surface area contributed by atoms with Gasteiger partial charge in [-0.05, 0) is 24.3 Å². The quantitative estimate of drug-likeness (QED) is 0.896. The number of aromatic hydroxyl groups is 1. The van der Waals surface area contributed by atoms with Gasteiger partial charge < -0.3 is 9.84 Å². The third kappa shape index (κ3) is 2.51. The highest BCUT2D eigenvalue weighted by Crippen LogP contribution is 2.38. The Morgan fingerprint density at radius 1 is 1.30 bits per heavy atom. The summed E-state index contributed by atoms with van der Waals surface area (Å²) in [7, 11) is -2.22. The van der Waals surface area contributed by atoms with E-state index in [1.54, 1.807) is 18.2 Å². The minimum absolute atomic E-state index is 0.0381. The van der Waals surface area contributed by atoms with Crippen LogP contribution in [0, 0.1) is 0 Å². The topological polar surface area (TPSA) is 83.9 Å². The fourth-order valence-corrected chi connectivity index (χ4v) is 4.16. The third-order valence-corrected chi connectivity index (χ3v) is 5.43. The lowest BCUT2D eigenvalue weighted by Crippen LogP contribution is -2.30. The first kappa shape index (κ1) is 15.6. The van der Waals surface area contributed by atoms with E-state index in [1.807, 2.05) is 0 Å². The molecular weight excluding hydrogens is 342 g/mol. The fraction of sp³-hybridized carbons (Fsp3) is 0.133. The van der Waals surface area contributed by atoms with Gasteiger partial charge in [-0.15, -0.1) is 0 Å². The molecule has 0 radical (unpaired) electrons. The number of halogens is 1. The summed E-state index contributed by atoms with van der Waals surface area (Å²) in [5, 5.41) is 9.68. The van der Waals surface area contributed by atoms with Crippen molar-refractivity contribution in [3.05, 3.63) is 47.0 Å². The van der Waals surface area contributed by atoms with Crippen molar-refractivity contribution in [3.63, 3.8) is 0 Å². The Morgan fingerprint density at radius 3 is 2.70 bits per heavy atom. The smallest absolute Gasteiger partial charge is 0.259 e. The summed E-state index contributed by atoms with van der Waals surface area (Å²) in [5.74, 6) is -1.22. The number of hydrogen-bond acceptors (Lipinski definition) is 5. The van der Waals surface area contributed by atoms with Crippen LogP contribution in [0.15, 0.2) is 41.3 Å². The summed E-state index contributed by atoms with van der Waals surface area (Å²) in [6.45, 7) is 0. The Morgan fingerprint density at radius 2 is 2.00 bits per heavy atom. The molecule has 0 spiro atoms. The Kier molecular flexibility index (Phi) is 3.69. The number of carbonyl (C=O) groups is 1. The standard InChI is InChI=1S/C15H12ClNO5S/c1-22-12-7-9(6-10(16)14(12)18)15(19)17-8-23(20,21)13-5-3-2-4-11(13)17/h2-7,18H,8H2,1H3. The highest BCUT2D eigenvalue weighted by atomic mass is 35.5. The zero-order valence-electron chi connectivity index (χ0n) is 12.0. The predicted octanol–water partition coefficient (Wildman–Crippen LogP) is 2.45. The molecule has 0 bridgehead atoms. The Balaban J connectivity index is 2.08. The first-order valence-electron chi connectivity index (χ1n) is 6.55. The highest BCUT2D eigenvalue weighted by molar-refractivity contribution is 7.92. The van der Waals surface area contributed by atoms with E-state index in [9.17, 15) is 18.3 Å². The van der Waals surface area contributed by atoms with E-state index in [1.165, 1.54) is 25.3 Å². The van der Waals surface area contributed by atoms with E-state index >= 15 is 0 Å². The minimum Gasteiger partial charge on any atom is -0.503 e. The number of hydrogen-bond donors (Lipinski definition) is 1.